The maximum Gasteiger partial charge on any atom is 0.155 e. The minimum absolute atomic E-state index is 0.557. The first kappa shape index (κ1) is 13.3. The molecule has 1 heterocycles. The van der Waals surface area contributed by atoms with Crippen molar-refractivity contribution < 1.29 is 0 Å². The van der Waals surface area contributed by atoms with Crippen molar-refractivity contribution in [2.24, 2.45) is 0 Å². The number of nitriles is 1. The highest BCUT2D eigenvalue weighted by Crippen LogP contribution is 2.37. The van der Waals surface area contributed by atoms with Gasteiger partial charge in [-0.1, -0.05) is 23.4 Å². The molecule has 0 saturated heterocycles. The number of hydrogen-bond donors (Lipinski definition) is 1. The van der Waals surface area contributed by atoms with Crippen molar-refractivity contribution in [1.29, 1.82) is 5.26 Å². The van der Waals surface area contributed by atoms with E-state index in [-0.39, 0.29) is 0 Å². The lowest BCUT2D eigenvalue weighted by atomic mass is 10.2. The van der Waals surface area contributed by atoms with E-state index in [4.69, 9.17) is 22.6 Å². The van der Waals surface area contributed by atoms with E-state index in [1.807, 2.05) is 24.3 Å². The van der Waals surface area contributed by atoms with Crippen LogP contribution < -0.4 is 5.73 Å². The SMILES string of the molecule is N#Cc1cc(Cl)ccc1Sc1nc2ccc(N)cc2s1. The molecule has 0 bridgehead atoms. The lowest BCUT2D eigenvalue weighted by Crippen LogP contribution is -1.81. The lowest BCUT2D eigenvalue weighted by molar-refractivity contribution is 1.28. The van der Waals surface area contributed by atoms with E-state index in [0.29, 0.717) is 10.6 Å². The molecular formula is C14H8ClN3S2. The minimum atomic E-state index is 0.557. The highest BCUT2D eigenvalue weighted by Gasteiger charge is 2.09. The topological polar surface area (TPSA) is 62.7 Å². The summed E-state index contributed by atoms with van der Waals surface area (Å²) in [6.07, 6.45) is 0. The molecule has 0 unspecified atom stereocenters. The van der Waals surface area contributed by atoms with Crippen LogP contribution in [0.2, 0.25) is 5.02 Å². The van der Waals surface area contributed by atoms with Gasteiger partial charge >= 0.3 is 0 Å². The van der Waals surface area contributed by atoms with Gasteiger partial charge in [0.15, 0.2) is 4.34 Å². The Morgan fingerprint density at radius 2 is 2.10 bits per heavy atom. The van der Waals surface area contributed by atoms with Crippen molar-refractivity contribution in [3.05, 3.63) is 47.0 Å². The second-order valence-corrected chi connectivity index (χ2v) is 6.82. The van der Waals surface area contributed by atoms with Gasteiger partial charge in [0.1, 0.15) is 6.07 Å². The number of nitrogen functional groups attached to an aromatic ring is 1. The van der Waals surface area contributed by atoms with Gasteiger partial charge in [-0.25, -0.2) is 4.98 Å². The monoisotopic (exact) mass is 317 g/mol. The van der Waals surface area contributed by atoms with Crippen LogP contribution in [0.4, 0.5) is 5.69 Å². The number of halogens is 1. The van der Waals surface area contributed by atoms with Crippen molar-refractivity contribution in [2.75, 3.05) is 5.73 Å². The van der Waals surface area contributed by atoms with Gasteiger partial charge in [-0.3, -0.25) is 0 Å². The Kier molecular flexibility index (Phi) is 3.53. The van der Waals surface area contributed by atoms with Crippen LogP contribution in [0.5, 0.6) is 0 Å². The fourth-order valence-electron chi connectivity index (χ4n) is 1.74. The van der Waals surface area contributed by atoms with Gasteiger partial charge < -0.3 is 5.73 Å². The first-order valence-electron chi connectivity index (χ1n) is 5.69. The molecule has 0 atom stereocenters. The van der Waals surface area contributed by atoms with Crippen LogP contribution in [-0.2, 0) is 0 Å². The van der Waals surface area contributed by atoms with Gasteiger partial charge in [0.05, 0.1) is 15.8 Å². The summed E-state index contributed by atoms with van der Waals surface area (Å²) in [6, 6.07) is 13.1. The summed E-state index contributed by atoms with van der Waals surface area (Å²) in [7, 11) is 0. The second-order valence-electron chi connectivity index (χ2n) is 4.06. The highest BCUT2D eigenvalue weighted by atomic mass is 35.5. The first-order chi connectivity index (χ1) is 9.65. The Bertz CT molecular complexity index is 836. The number of rotatable bonds is 2. The molecule has 2 aromatic carbocycles. The predicted molar refractivity (Wildman–Crippen MR) is 84.3 cm³/mol. The molecule has 2 N–H and O–H groups in total. The number of nitrogens with zero attached hydrogens (tertiary/aromatic N) is 2. The van der Waals surface area contributed by atoms with E-state index >= 15 is 0 Å². The molecule has 20 heavy (non-hydrogen) atoms. The molecule has 3 rings (SSSR count). The molecule has 0 aliphatic rings. The van der Waals surface area contributed by atoms with E-state index in [0.717, 1.165) is 25.1 Å². The number of aromatic nitrogens is 1. The Morgan fingerprint density at radius 3 is 2.90 bits per heavy atom. The molecule has 0 radical (unpaired) electrons. The third-order valence-electron chi connectivity index (χ3n) is 2.65. The van der Waals surface area contributed by atoms with Crippen molar-refractivity contribution in [3.8, 4) is 6.07 Å². The third kappa shape index (κ3) is 2.59. The van der Waals surface area contributed by atoms with Crippen LogP contribution in [0.15, 0.2) is 45.6 Å². The van der Waals surface area contributed by atoms with Crippen molar-refractivity contribution in [2.45, 2.75) is 9.24 Å². The number of benzene rings is 2. The van der Waals surface area contributed by atoms with Crippen molar-refractivity contribution in [3.63, 3.8) is 0 Å². The van der Waals surface area contributed by atoms with E-state index in [1.165, 1.54) is 11.8 Å². The average Bonchev–Trinajstić information content (AvgIpc) is 2.82. The summed E-state index contributed by atoms with van der Waals surface area (Å²) in [5, 5.41) is 9.70. The number of anilines is 1. The van der Waals surface area contributed by atoms with Crippen LogP contribution in [0, 0.1) is 11.3 Å². The van der Waals surface area contributed by atoms with E-state index in [2.05, 4.69) is 11.1 Å². The van der Waals surface area contributed by atoms with Gasteiger partial charge in [-0.15, -0.1) is 11.3 Å². The number of nitrogens with two attached hydrogens (primary N) is 1. The van der Waals surface area contributed by atoms with Crippen molar-refractivity contribution >= 4 is 50.6 Å². The molecule has 3 aromatic rings. The standard InChI is InChI=1S/C14H8ClN3S2/c15-9-1-4-12(8(5-9)7-16)19-14-18-11-3-2-10(17)6-13(11)20-14/h1-6H,17H2. The van der Waals surface area contributed by atoms with Crippen LogP contribution in [0.3, 0.4) is 0 Å². The summed E-state index contributed by atoms with van der Waals surface area (Å²) in [5.41, 5.74) is 7.96. The third-order valence-corrected chi connectivity index (χ3v) is 5.04. The van der Waals surface area contributed by atoms with Gasteiger partial charge in [0.2, 0.25) is 0 Å². The quantitative estimate of drug-likeness (QED) is 0.704. The maximum absolute atomic E-state index is 9.14. The summed E-state index contributed by atoms with van der Waals surface area (Å²) in [5.74, 6) is 0. The normalized spacial score (nSPS) is 10.6. The van der Waals surface area contributed by atoms with Gasteiger partial charge in [-0.2, -0.15) is 5.26 Å². The molecule has 0 spiro atoms. The predicted octanol–water partition coefficient (Wildman–Crippen LogP) is 4.55. The molecule has 0 aliphatic carbocycles. The molecule has 98 valence electrons. The largest absolute Gasteiger partial charge is 0.399 e. The average molecular weight is 318 g/mol. The summed E-state index contributed by atoms with van der Waals surface area (Å²) in [6.45, 7) is 0. The van der Waals surface area contributed by atoms with Crippen LogP contribution in [0.1, 0.15) is 5.56 Å². The highest BCUT2D eigenvalue weighted by molar-refractivity contribution is 8.01. The Hall–Kier alpha value is -1.74. The smallest absolute Gasteiger partial charge is 0.155 e. The summed E-state index contributed by atoms with van der Waals surface area (Å²) >= 11 is 8.92. The zero-order chi connectivity index (χ0) is 14.1. The molecule has 3 nitrogen and oxygen atoms in total. The fourth-order valence-corrected chi connectivity index (χ4v) is 4.04. The van der Waals surface area contributed by atoms with Crippen LogP contribution in [-0.4, -0.2) is 4.98 Å². The molecule has 1 aromatic heterocycles. The maximum atomic E-state index is 9.14. The zero-order valence-electron chi connectivity index (χ0n) is 10.1. The molecular weight excluding hydrogens is 310 g/mol. The van der Waals surface area contributed by atoms with E-state index < -0.39 is 0 Å². The lowest BCUT2D eigenvalue weighted by Gasteiger charge is -2.00. The first-order valence-corrected chi connectivity index (χ1v) is 7.70. The van der Waals surface area contributed by atoms with Crippen LogP contribution >= 0.6 is 34.7 Å². The minimum Gasteiger partial charge on any atom is -0.399 e. The zero-order valence-corrected chi connectivity index (χ0v) is 12.5. The Labute approximate surface area is 129 Å². The van der Waals surface area contributed by atoms with E-state index in [9.17, 15) is 0 Å². The fraction of sp³-hybridized carbons (Fsp3) is 0. The number of hydrogen-bond acceptors (Lipinski definition) is 5. The Morgan fingerprint density at radius 1 is 1.25 bits per heavy atom. The molecule has 0 amide bonds. The van der Waals surface area contributed by atoms with Gasteiger partial charge in [0, 0.05) is 15.6 Å². The molecule has 6 heteroatoms. The number of thiazole rings is 1. The van der Waals surface area contributed by atoms with Crippen LogP contribution in [0.25, 0.3) is 10.2 Å². The number of fused-ring (bicyclic) bond motifs is 1. The van der Waals surface area contributed by atoms with Gasteiger partial charge in [-0.05, 0) is 36.4 Å². The van der Waals surface area contributed by atoms with E-state index in [1.54, 1.807) is 23.5 Å². The van der Waals surface area contributed by atoms with Gasteiger partial charge in [0.25, 0.3) is 0 Å². The summed E-state index contributed by atoms with van der Waals surface area (Å²) < 4.78 is 1.92. The Balaban J connectivity index is 1.99. The molecule has 0 aliphatic heterocycles. The second kappa shape index (κ2) is 5.33. The van der Waals surface area contributed by atoms with Crippen molar-refractivity contribution in [1.82, 2.24) is 4.98 Å². The molecule has 0 fully saturated rings. The molecule has 0 saturated carbocycles. The summed E-state index contributed by atoms with van der Waals surface area (Å²) in [4.78, 5) is 5.38.